The van der Waals surface area contributed by atoms with Crippen molar-refractivity contribution < 1.29 is 26.4 Å². The maximum Gasteiger partial charge on any atom is 0.418 e. The van der Waals surface area contributed by atoms with E-state index in [1.165, 1.54) is 12.1 Å². The predicted molar refractivity (Wildman–Crippen MR) is 98.2 cm³/mol. The molecule has 0 radical (unpaired) electrons. The van der Waals surface area contributed by atoms with Crippen LogP contribution in [0.25, 0.3) is 0 Å². The third-order valence-corrected chi connectivity index (χ3v) is 4.94. The maximum absolute atomic E-state index is 13.0. The van der Waals surface area contributed by atoms with Gasteiger partial charge in [-0.15, -0.1) is 0 Å². The van der Waals surface area contributed by atoms with Crippen molar-refractivity contribution in [1.29, 1.82) is 0 Å². The van der Waals surface area contributed by atoms with Crippen LogP contribution in [0, 0.1) is 13.8 Å². The van der Waals surface area contributed by atoms with E-state index < -0.39 is 39.9 Å². The number of sulfonamides is 1. The Morgan fingerprint density at radius 2 is 1.74 bits per heavy atom. The number of nitrogens with one attached hydrogen (secondary N) is 1. The van der Waals surface area contributed by atoms with E-state index in [-0.39, 0.29) is 0 Å². The highest BCUT2D eigenvalue weighted by Gasteiger charge is 2.34. The number of halogens is 3. The molecule has 9 heteroatoms. The van der Waals surface area contributed by atoms with Crippen molar-refractivity contribution in [3.63, 3.8) is 0 Å². The third kappa shape index (κ3) is 5.22. The summed E-state index contributed by atoms with van der Waals surface area (Å²) in [5.74, 6) is -0.878. The van der Waals surface area contributed by atoms with Gasteiger partial charge in [-0.05, 0) is 37.6 Å². The van der Waals surface area contributed by atoms with Crippen molar-refractivity contribution in [3.05, 3.63) is 59.2 Å². The molecule has 0 aliphatic rings. The SMILES string of the molecule is Cc1ccc(N(CC(=O)Nc2ccccc2C(F)(F)F)S(C)(=O)=O)c(C)c1. The van der Waals surface area contributed by atoms with Crippen LogP contribution in [0.5, 0.6) is 0 Å². The highest BCUT2D eigenvalue weighted by molar-refractivity contribution is 7.92. The molecule has 0 bridgehead atoms. The molecule has 0 aliphatic heterocycles. The minimum absolute atomic E-state index is 0.294. The fraction of sp³-hybridized carbons (Fsp3) is 0.278. The number of amides is 1. The Hall–Kier alpha value is -2.55. The van der Waals surface area contributed by atoms with E-state index in [1.54, 1.807) is 25.1 Å². The van der Waals surface area contributed by atoms with Gasteiger partial charge in [0.05, 0.1) is 23.2 Å². The molecule has 2 aromatic carbocycles. The summed E-state index contributed by atoms with van der Waals surface area (Å²) in [5.41, 5.74) is 0.402. The first-order valence-electron chi connectivity index (χ1n) is 7.90. The summed E-state index contributed by atoms with van der Waals surface area (Å²) in [4.78, 5) is 12.3. The molecule has 0 heterocycles. The molecule has 0 atom stereocenters. The minimum Gasteiger partial charge on any atom is -0.324 e. The monoisotopic (exact) mass is 400 g/mol. The first kappa shape index (κ1) is 20.8. The van der Waals surface area contributed by atoms with Crippen molar-refractivity contribution in [2.45, 2.75) is 20.0 Å². The summed E-state index contributed by atoms with van der Waals surface area (Å²) in [5, 5.41) is 2.16. The van der Waals surface area contributed by atoms with Gasteiger partial charge in [0.15, 0.2) is 0 Å². The molecule has 0 aromatic heterocycles. The van der Waals surface area contributed by atoms with E-state index in [9.17, 15) is 26.4 Å². The number of para-hydroxylation sites is 1. The number of rotatable bonds is 5. The summed E-state index contributed by atoms with van der Waals surface area (Å²) >= 11 is 0. The Labute approximate surface area is 155 Å². The maximum atomic E-state index is 13.0. The van der Waals surface area contributed by atoms with Crippen LogP contribution in [0.2, 0.25) is 0 Å². The van der Waals surface area contributed by atoms with Gasteiger partial charge in [-0.25, -0.2) is 8.42 Å². The molecule has 0 saturated heterocycles. The summed E-state index contributed by atoms with van der Waals surface area (Å²) in [7, 11) is -3.83. The second-order valence-electron chi connectivity index (χ2n) is 6.15. The number of alkyl halides is 3. The van der Waals surface area contributed by atoms with Crippen LogP contribution in [0.1, 0.15) is 16.7 Å². The van der Waals surface area contributed by atoms with E-state index >= 15 is 0 Å². The summed E-state index contributed by atoms with van der Waals surface area (Å²) < 4.78 is 64.3. The molecule has 0 saturated carbocycles. The topological polar surface area (TPSA) is 66.5 Å². The van der Waals surface area contributed by atoms with E-state index in [0.717, 1.165) is 28.3 Å². The number of hydrogen-bond acceptors (Lipinski definition) is 3. The van der Waals surface area contributed by atoms with Gasteiger partial charge in [0.2, 0.25) is 15.9 Å². The van der Waals surface area contributed by atoms with Crippen molar-refractivity contribution in [2.75, 3.05) is 22.4 Å². The fourth-order valence-corrected chi connectivity index (χ4v) is 3.54. The van der Waals surface area contributed by atoms with Crippen LogP contribution >= 0.6 is 0 Å². The molecule has 2 aromatic rings. The predicted octanol–water partition coefficient (Wildman–Crippen LogP) is 3.73. The largest absolute Gasteiger partial charge is 0.418 e. The number of benzene rings is 2. The zero-order valence-electron chi connectivity index (χ0n) is 15.0. The van der Waals surface area contributed by atoms with Crippen molar-refractivity contribution in [1.82, 2.24) is 0 Å². The highest BCUT2D eigenvalue weighted by atomic mass is 32.2. The third-order valence-electron chi connectivity index (χ3n) is 3.82. The van der Waals surface area contributed by atoms with Gasteiger partial charge in [0.25, 0.3) is 0 Å². The Kier molecular flexibility index (Phi) is 5.84. The van der Waals surface area contributed by atoms with Gasteiger partial charge >= 0.3 is 6.18 Å². The van der Waals surface area contributed by atoms with Crippen molar-refractivity contribution >= 4 is 27.3 Å². The van der Waals surface area contributed by atoms with Crippen LogP contribution < -0.4 is 9.62 Å². The average Bonchev–Trinajstić information content (AvgIpc) is 2.52. The Morgan fingerprint density at radius 3 is 2.30 bits per heavy atom. The van der Waals surface area contributed by atoms with Gasteiger partial charge in [-0.2, -0.15) is 13.2 Å². The van der Waals surface area contributed by atoms with Crippen LogP contribution in [-0.2, 0) is 21.0 Å². The van der Waals surface area contributed by atoms with Gasteiger partial charge in [-0.1, -0.05) is 29.8 Å². The Morgan fingerprint density at radius 1 is 1.11 bits per heavy atom. The summed E-state index contributed by atoms with van der Waals surface area (Å²) in [6.45, 7) is 2.88. The molecular weight excluding hydrogens is 381 g/mol. The number of carbonyl (C=O) groups excluding carboxylic acids is 1. The molecule has 0 spiro atoms. The van der Waals surface area contributed by atoms with E-state index in [1.807, 2.05) is 6.92 Å². The lowest BCUT2D eigenvalue weighted by Gasteiger charge is -2.24. The second-order valence-corrected chi connectivity index (χ2v) is 8.06. The molecule has 0 unspecified atom stereocenters. The van der Waals surface area contributed by atoms with Crippen LogP contribution in [0.15, 0.2) is 42.5 Å². The summed E-state index contributed by atoms with van der Waals surface area (Å²) in [6, 6.07) is 9.52. The molecule has 5 nitrogen and oxygen atoms in total. The number of nitrogens with zero attached hydrogens (tertiary/aromatic N) is 1. The Bertz CT molecular complexity index is 957. The standard InChI is InChI=1S/C18H19F3N2O3S/c1-12-8-9-16(13(2)10-12)23(27(3,25)26)11-17(24)22-15-7-5-4-6-14(15)18(19,20)21/h4-10H,11H2,1-3H3,(H,22,24). The van der Waals surface area contributed by atoms with Gasteiger partial charge in [-0.3, -0.25) is 9.10 Å². The average molecular weight is 400 g/mol. The number of hydrogen-bond donors (Lipinski definition) is 1. The summed E-state index contributed by atoms with van der Waals surface area (Å²) in [6.07, 6.45) is -3.71. The smallest absolute Gasteiger partial charge is 0.324 e. The lowest BCUT2D eigenvalue weighted by molar-refractivity contribution is -0.137. The first-order valence-corrected chi connectivity index (χ1v) is 9.75. The Balaban J connectivity index is 2.31. The zero-order chi connectivity index (χ0) is 20.4. The fourth-order valence-electron chi connectivity index (χ4n) is 2.63. The lowest BCUT2D eigenvalue weighted by atomic mass is 10.1. The normalized spacial score (nSPS) is 11.9. The molecule has 0 aliphatic carbocycles. The van der Waals surface area contributed by atoms with Crippen LogP contribution in [-0.4, -0.2) is 27.1 Å². The molecule has 27 heavy (non-hydrogen) atoms. The zero-order valence-corrected chi connectivity index (χ0v) is 15.8. The van der Waals surface area contributed by atoms with Gasteiger partial charge in [0, 0.05) is 0 Å². The van der Waals surface area contributed by atoms with Crippen molar-refractivity contribution in [3.8, 4) is 0 Å². The van der Waals surface area contributed by atoms with Gasteiger partial charge in [0.1, 0.15) is 6.54 Å². The molecule has 1 N–H and O–H groups in total. The first-order chi connectivity index (χ1) is 12.4. The quantitative estimate of drug-likeness (QED) is 0.832. The minimum atomic E-state index is -4.64. The molecule has 0 fully saturated rings. The highest BCUT2D eigenvalue weighted by Crippen LogP contribution is 2.34. The van der Waals surface area contributed by atoms with Gasteiger partial charge < -0.3 is 5.32 Å². The van der Waals surface area contributed by atoms with Crippen molar-refractivity contribution in [2.24, 2.45) is 0 Å². The molecule has 146 valence electrons. The number of anilines is 2. The van der Waals surface area contributed by atoms with E-state index in [2.05, 4.69) is 5.32 Å². The van der Waals surface area contributed by atoms with Crippen LogP contribution in [0.4, 0.5) is 24.5 Å². The molecule has 2 rings (SSSR count). The molecule has 1 amide bonds. The lowest BCUT2D eigenvalue weighted by Crippen LogP contribution is -2.38. The van der Waals surface area contributed by atoms with Crippen LogP contribution in [0.3, 0.4) is 0 Å². The second kappa shape index (κ2) is 7.59. The number of carbonyl (C=O) groups is 1. The van der Waals surface area contributed by atoms with E-state index in [4.69, 9.17) is 0 Å². The van der Waals surface area contributed by atoms with E-state index in [0.29, 0.717) is 11.3 Å². The molecular formula is C18H19F3N2O3S. The number of aryl methyl sites for hydroxylation is 2.